The van der Waals surface area contributed by atoms with Crippen LogP contribution in [0.3, 0.4) is 0 Å². The Kier molecular flexibility index (Phi) is 4.81. The molecule has 0 spiro atoms. The molecule has 0 aromatic heterocycles. The highest BCUT2D eigenvalue weighted by atomic mass is 15.2. The van der Waals surface area contributed by atoms with Crippen LogP contribution in [0.1, 0.15) is 54.4 Å². The van der Waals surface area contributed by atoms with Crippen LogP contribution < -0.4 is 5.32 Å². The summed E-state index contributed by atoms with van der Waals surface area (Å²) in [5, 5.41) is 3.65. The summed E-state index contributed by atoms with van der Waals surface area (Å²) in [4.78, 5) is 2.67. The minimum absolute atomic E-state index is 0.388. The maximum Gasteiger partial charge on any atom is 0.0115 e. The SMILES string of the molecule is CC1CCN(C(C)C(C)(C)C)CCC(C)N1. The quantitative estimate of drug-likeness (QED) is 0.739. The molecule has 3 atom stereocenters. The van der Waals surface area contributed by atoms with E-state index < -0.39 is 0 Å². The van der Waals surface area contributed by atoms with E-state index in [1.165, 1.54) is 25.9 Å². The lowest BCUT2D eigenvalue weighted by molar-refractivity contribution is 0.0952. The van der Waals surface area contributed by atoms with Gasteiger partial charge >= 0.3 is 0 Å². The minimum Gasteiger partial charge on any atom is -0.312 e. The molecule has 0 aromatic rings. The molecule has 0 amide bonds. The van der Waals surface area contributed by atoms with Crippen LogP contribution in [0.2, 0.25) is 0 Å². The fourth-order valence-corrected chi connectivity index (χ4v) is 2.42. The Morgan fingerprint density at radius 1 is 1.06 bits per heavy atom. The molecule has 0 radical (unpaired) electrons. The van der Waals surface area contributed by atoms with Crippen molar-refractivity contribution in [3.8, 4) is 0 Å². The van der Waals surface area contributed by atoms with Crippen LogP contribution >= 0.6 is 0 Å². The minimum atomic E-state index is 0.388. The van der Waals surface area contributed by atoms with Crippen molar-refractivity contribution in [1.29, 1.82) is 0 Å². The summed E-state index contributed by atoms with van der Waals surface area (Å²) in [6, 6.07) is 1.99. The highest BCUT2D eigenvalue weighted by molar-refractivity contribution is 4.83. The van der Waals surface area contributed by atoms with Gasteiger partial charge in [-0.2, -0.15) is 0 Å². The van der Waals surface area contributed by atoms with Crippen LogP contribution in [0.4, 0.5) is 0 Å². The molecule has 3 unspecified atom stereocenters. The van der Waals surface area contributed by atoms with Gasteiger partial charge in [-0.15, -0.1) is 0 Å². The van der Waals surface area contributed by atoms with Crippen LogP contribution in [0.25, 0.3) is 0 Å². The van der Waals surface area contributed by atoms with Gasteiger partial charge in [0.1, 0.15) is 0 Å². The van der Waals surface area contributed by atoms with Crippen molar-refractivity contribution in [2.75, 3.05) is 13.1 Å². The zero-order valence-electron chi connectivity index (χ0n) is 12.0. The molecule has 0 aliphatic carbocycles. The van der Waals surface area contributed by atoms with E-state index in [0.717, 1.165) is 0 Å². The van der Waals surface area contributed by atoms with Crippen molar-refractivity contribution >= 4 is 0 Å². The maximum atomic E-state index is 3.65. The van der Waals surface area contributed by atoms with Crippen LogP contribution in [-0.4, -0.2) is 36.1 Å². The summed E-state index contributed by atoms with van der Waals surface area (Å²) in [5.74, 6) is 0. The lowest BCUT2D eigenvalue weighted by atomic mass is 9.86. The van der Waals surface area contributed by atoms with Gasteiger partial charge in [0.25, 0.3) is 0 Å². The molecule has 16 heavy (non-hydrogen) atoms. The second-order valence-corrected chi connectivity index (χ2v) is 6.62. The molecular weight excluding hydrogens is 196 g/mol. The van der Waals surface area contributed by atoms with Crippen LogP contribution in [0.5, 0.6) is 0 Å². The van der Waals surface area contributed by atoms with E-state index in [1.807, 2.05) is 0 Å². The van der Waals surface area contributed by atoms with Crippen LogP contribution in [0.15, 0.2) is 0 Å². The Hall–Kier alpha value is -0.0800. The molecule has 96 valence electrons. The van der Waals surface area contributed by atoms with E-state index >= 15 is 0 Å². The zero-order chi connectivity index (χ0) is 12.3. The van der Waals surface area contributed by atoms with Crippen LogP contribution in [-0.2, 0) is 0 Å². The Morgan fingerprint density at radius 2 is 1.50 bits per heavy atom. The lowest BCUT2D eigenvalue weighted by Gasteiger charge is -2.40. The summed E-state index contributed by atoms with van der Waals surface area (Å²) in [5.41, 5.74) is 0.388. The van der Waals surface area contributed by atoms with Gasteiger partial charge in [0, 0.05) is 18.1 Å². The van der Waals surface area contributed by atoms with E-state index in [-0.39, 0.29) is 0 Å². The predicted octanol–water partition coefficient (Wildman–Crippen LogP) is 2.88. The Labute approximate surface area is 102 Å². The predicted molar refractivity (Wildman–Crippen MR) is 71.8 cm³/mol. The first kappa shape index (κ1) is 14.0. The summed E-state index contributed by atoms with van der Waals surface area (Å²) >= 11 is 0. The summed E-state index contributed by atoms with van der Waals surface area (Å²) in [7, 11) is 0. The number of nitrogens with one attached hydrogen (secondary N) is 1. The van der Waals surface area contributed by atoms with Gasteiger partial charge < -0.3 is 10.2 Å². The van der Waals surface area contributed by atoms with E-state index in [0.29, 0.717) is 23.5 Å². The largest absolute Gasteiger partial charge is 0.312 e. The normalized spacial score (nSPS) is 31.9. The third kappa shape index (κ3) is 4.06. The maximum absolute atomic E-state index is 3.65. The highest BCUT2D eigenvalue weighted by Crippen LogP contribution is 2.25. The fraction of sp³-hybridized carbons (Fsp3) is 1.00. The van der Waals surface area contributed by atoms with E-state index in [2.05, 4.69) is 51.8 Å². The van der Waals surface area contributed by atoms with Gasteiger partial charge in [0.05, 0.1) is 0 Å². The van der Waals surface area contributed by atoms with E-state index in [4.69, 9.17) is 0 Å². The van der Waals surface area contributed by atoms with Crippen molar-refractivity contribution in [3.05, 3.63) is 0 Å². The molecule has 1 rings (SSSR count). The smallest absolute Gasteiger partial charge is 0.0115 e. The number of hydrogen-bond donors (Lipinski definition) is 1. The Balaban J connectivity index is 2.59. The number of nitrogens with zero attached hydrogens (tertiary/aromatic N) is 1. The molecule has 0 saturated carbocycles. The lowest BCUT2D eigenvalue weighted by Crippen LogP contribution is -2.48. The standard InChI is InChI=1S/C14H30N2/c1-11-7-9-16(10-8-12(2)15-11)13(3)14(4,5)6/h11-13,15H,7-10H2,1-6H3. The molecule has 1 N–H and O–H groups in total. The summed E-state index contributed by atoms with van der Waals surface area (Å²) < 4.78 is 0. The number of rotatable bonds is 1. The molecule has 0 aromatic carbocycles. The molecule has 1 saturated heterocycles. The topological polar surface area (TPSA) is 15.3 Å². The monoisotopic (exact) mass is 226 g/mol. The molecule has 1 aliphatic rings. The highest BCUT2D eigenvalue weighted by Gasteiger charge is 2.27. The third-order valence-corrected chi connectivity index (χ3v) is 4.07. The van der Waals surface area contributed by atoms with Gasteiger partial charge in [-0.3, -0.25) is 0 Å². The summed E-state index contributed by atoms with van der Waals surface area (Å²) in [6.07, 6.45) is 2.54. The van der Waals surface area contributed by atoms with Gasteiger partial charge in [-0.1, -0.05) is 20.8 Å². The van der Waals surface area contributed by atoms with E-state index in [1.54, 1.807) is 0 Å². The second kappa shape index (κ2) is 5.50. The fourth-order valence-electron chi connectivity index (χ4n) is 2.42. The van der Waals surface area contributed by atoms with E-state index in [9.17, 15) is 0 Å². The molecule has 1 heterocycles. The molecule has 1 aliphatic heterocycles. The first-order chi connectivity index (χ1) is 7.30. The Morgan fingerprint density at radius 3 is 1.88 bits per heavy atom. The first-order valence-corrected chi connectivity index (χ1v) is 6.81. The van der Waals surface area contributed by atoms with Gasteiger partial charge in [-0.25, -0.2) is 0 Å². The average Bonchev–Trinajstić information content (AvgIpc) is 2.13. The molecular formula is C14H30N2. The van der Waals surface area contributed by atoms with Crippen LogP contribution in [0, 0.1) is 5.41 Å². The first-order valence-electron chi connectivity index (χ1n) is 6.81. The van der Waals surface area contributed by atoms with Crippen molar-refractivity contribution in [1.82, 2.24) is 10.2 Å². The number of hydrogen-bond acceptors (Lipinski definition) is 2. The molecule has 2 heteroatoms. The second-order valence-electron chi connectivity index (χ2n) is 6.62. The van der Waals surface area contributed by atoms with Crippen molar-refractivity contribution in [2.45, 2.75) is 72.5 Å². The molecule has 2 nitrogen and oxygen atoms in total. The third-order valence-electron chi connectivity index (χ3n) is 4.07. The van der Waals surface area contributed by atoms with Gasteiger partial charge in [-0.05, 0) is 52.1 Å². The van der Waals surface area contributed by atoms with Gasteiger partial charge in [0.15, 0.2) is 0 Å². The van der Waals surface area contributed by atoms with Crippen molar-refractivity contribution < 1.29 is 0 Å². The van der Waals surface area contributed by atoms with Gasteiger partial charge in [0.2, 0.25) is 0 Å². The summed E-state index contributed by atoms with van der Waals surface area (Å²) in [6.45, 7) is 16.5. The average molecular weight is 226 g/mol. The Bertz CT molecular complexity index is 195. The zero-order valence-corrected chi connectivity index (χ0v) is 12.0. The van der Waals surface area contributed by atoms with Crippen molar-refractivity contribution in [3.63, 3.8) is 0 Å². The molecule has 0 bridgehead atoms. The molecule has 1 fully saturated rings. The van der Waals surface area contributed by atoms with Crippen molar-refractivity contribution in [2.24, 2.45) is 5.41 Å².